The molecule has 174 valence electrons. The van der Waals surface area contributed by atoms with Crippen LogP contribution >= 0.6 is 0 Å². The Morgan fingerprint density at radius 1 is 1.39 bits per heavy atom. The third-order valence-electron chi connectivity index (χ3n) is 4.49. The summed E-state index contributed by atoms with van der Waals surface area (Å²) in [4.78, 5) is 26.7. The number of nitrogens with two attached hydrogens (primary N) is 1. The molecular weight excluding hydrogens is 431 g/mol. The standard InChI is InChI=1S/C18H23F5N4O4/c1-2-26(10-18(21,22)23)13(8-24)16(29)25-12-4-3-11(7-14(12)31-17(19)20)27-5-6-30-9-15(27)28/h3-4,7,13,17H,2,5-6,8-10,24H2,1H3,(H,25,29)/t13-/m0/s1. The van der Waals surface area contributed by atoms with Crippen molar-refractivity contribution < 1.29 is 41.0 Å². The minimum atomic E-state index is -4.56. The Bertz CT molecular complexity index is 778. The number of carbonyl (C=O) groups excluding carboxylic acids is 2. The van der Waals surface area contributed by atoms with Gasteiger partial charge in [-0.25, -0.2) is 0 Å². The van der Waals surface area contributed by atoms with Gasteiger partial charge in [0.15, 0.2) is 5.75 Å². The molecule has 0 aromatic heterocycles. The fraction of sp³-hybridized carbons (Fsp3) is 0.556. The SMILES string of the molecule is CCN(CC(F)(F)F)[C@@H](CN)C(=O)Nc1ccc(N2CCOCC2=O)cc1OC(F)F. The summed E-state index contributed by atoms with van der Waals surface area (Å²) in [5.74, 6) is -1.75. The number of morpholine rings is 1. The topological polar surface area (TPSA) is 97.1 Å². The maximum atomic E-state index is 12.9. The molecular formula is C18H23F5N4O4. The van der Waals surface area contributed by atoms with Gasteiger partial charge in [0.25, 0.3) is 5.91 Å². The van der Waals surface area contributed by atoms with Crippen LogP contribution in [0.5, 0.6) is 5.75 Å². The highest BCUT2D eigenvalue weighted by Crippen LogP contribution is 2.32. The van der Waals surface area contributed by atoms with E-state index in [9.17, 15) is 31.5 Å². The number of hydrogen-bond acceptors (Lipinski definition) is 6. The molecule has 2 amide bonds. The lowest BCUT2D eigenvalue weighted by molar-refractivity contribution is -0.153. The van der Waals surface area contributed by atoms with Gasteiger partial charge in [0, 0.05) is 24.8 Å². The number of rotatable bonds is 9. The number of ether oxygens (including phenoxy) is 2. The summed E-state index contributed by atoms with van der Waals surface area (Å²) in [6.45, 7) is -3.45. The molecule has 13 heteroatoms. The van der Waals surface area contributed by atoms with E-state index < -0.39 is 43.6 Å². The molecule has 0 unspecified atom stereocenters. The van der Waals surface area contributed by atoms with Crippen LogP contribution in [0.3, 0.4) is 0 Å². The Labute approximate surface area is 175 Å². The quantitative estimate of drug-likeness (QED) is 0.553. The zero-order valence-corrected chi connectivity index (χ0v) is 16.6. The molecule has 1 heterocycles. The first-order valence-electron chi connectivity index (χ1n) is 9.34. The number of likely N-dealkylation sites (N-methyl/N-ethyl adjacent to an activating group) is 1. The van der Waals surface area contributed by atoms with Crippen LogP contribution in [-0.4, -0.2) is 74.9 Å². The number of anilines is 2. The first kappa shape index (κ1) is 24.8. The summed E-state index contributed by atoms with van der Waals surface area (Å²) in [6.07, 6.45) is -4.56. The molecule has 0 saturated carbocycles. The fourth-order valence-electron chi connectivity index (χ4n) is 3.08. The second-order valence-corrected chi connectivity index (χ2v) is 6.58. The Balaban J connectivity index is 2.26. The van der Waals surface area contributed by atoms with Gasteiger partial charge in [0.05, 0.1) is 18.8 Å². The van der Waals surface area contributed by atoms with Crippen molar-refractivity contribution in [2.75, 3.05) is 49.6 Å². The third-order valence-corrected chi connectivity index (χ3v) is 4.49. The van der Waals surface area contributed by atoms with Gasteiger partial charge in [0.2, 0.25) is 5.91 Å². The molecule has 1 fully saturated rings. The van der Waals surface area contributed by atoms with Crippen LogP contribution < -0.4 is 20.7 Å². The van der Waals surface area contributed by atoms with Gasteiger partial charge in [0.1, 0.15) is 12.6 Å². The molecule has 1 saturated heterocycles. The van der Waals surface area contributed by atoms with E-state index in [1.54, 1.807) is 0 Å². The van der Waals surface area contributed by atoms with Crippen molar-refractivity contribution in [2.45, 2.75) is 25.8 Å². The maximum absolute atomic E-state index is 12.9. The number of hydrogen-bond donors (Lipinski definition) is 2. The summed E-state index contributed by atoms with van der Waals surface area (Å²) in [7, 11) is 0. The highest BCUT2D eigenvalue weighted by molar-refractivity contribution is 5.98. The van der Waals surface area contributed by atoms with Crippen LogP contribution in [0.15, 0.2) is 18.2 Å². The monoisotopic (exact) mass is 454 g/mol. The lowest BCUT2D eigenvalue weighted by atomic mass is 10.2. The van der Waals surface area contributed by atoms with Crippen molar-refractivity contribution in [1.82, 2.24) is 4.90 Å². The molecule has 0 spiro atoms. The number of nitrogens with one attached hydrogen (secondary N) is 1. The largest absolute Gasteiger partial charge is 0.433 e. The van der Waals surface area contributed by atoms with E-state index in [2.05, 4.69) is 10.1 Å². The van der Waals surface area contributed by atoms with Gasteiger partial charge < -0.3 is 25.4 Å². The van der Waals surface area contributed by atoms with Crippen molar-refractivity contribution >= 4 is 23.2 Å². The molecule has 1 aliphatic heterocycles. The fourth-order valence-corrected chi connectivity index (χ4v) is 3.08. The molecule has 31 heavy (non-hydrogen) atoms. The van der Waals surface area contributed by atoms with Crippen LogP contribution in [0.4, 0.5) is 33.3 Å². The predicted octanol–water partition coefficient (Wildman–Crippen LogP) is 1.80. The van der Waals surface area contributed by atoms with Gasteiger partial charge in [-0.3, -0.25) is 14.5 Å². The number of alkyl halides is 5. The number of carbonyl (C=O) groups is 2. The molecule has 8 nitrogen and oxygen atoms in total. The second-order valence-electron chi connectivity index (χ2n) is 6.58. The third kappa shape index (κ3) is 7.01. The average Bonchev–Trinajstić information content (AvgIpc) is 2.68. The van der Waals surface area contributed by atoms with Crippen molar-refractivity contribution in [1.29, 1.82) is 0 Å². The van der Waals surface area contributed by atoms with E-state index in [-0.39, 0.29) is 43.6 Å². The molecule has 1 aliphatic rings. The molecule has 1 atom stereocenters. The van der Waals surface area contributed by atoms with E-state index >= 15 is 0 Å². The van der Waals surface area contributed by atoms with E-state index in [1.165, 1.54) is 24.0 Å². The van der Waals surface area contributed by atoms with E-state index in [0.717, 1.165) is 11.0 Å². The minimum Gasteiger partial charge on any atom is -0.433 e. The first-order chi connectivity index (χ1) is 14.6. The molecule has 1 aromatic rings. The van der Waals surface area contributed by atoms with Gasteiger partial charge in [-0.15, -0.1) is 0 Å². The summed E-state index contributed by atoms with van der Waals surface area (Å²) in [5, 5.41) is 2.29. The summed E-state index contributed by atoms with van der Waals surface area (Å²) in [6, 6.07) is 2.39. The lowest BCUT2D eigenvalue weighted by Crippen LogP contribution is -2.51. The maximum Gasteiger partial charge on any atom is 0.401 e. The first-order valence-corrected chi connectivity index (χ1v) is 9.34. The molecule has 1 aromatic carbocycles. The van der Waals surface area contributed by atoms with Crippen molar-refractivity contribution in [3.05, 3.63) is 18.2 Å². The van der Waals surface area contributed by atoms with Gasteiger partial charge in [-0.05, 0) is 18.7 Å². The Kier molecular flexibility index (Phi) is 8.53. The van der Waals surface area contributed by atoms with Crippen LogP contribution in [0.2, 0.25) is 0 Å². The Morgan fingerprint density at radius 2 is 2.10 bits per heavy atom. The summed E-state index contributed by atoms with van der Waals surface area (Å²) < 4.78 is 73.6. The average molecular weight is 454 g/mol. The zero-order valence-electron chi connectivity index (χ0n) is 16.6. The second kappa shape index (κ2) is 10.7. The van der Waals surface area contributed by atoms with Crippen LogP contribution in [-0.2, 0) is 14.3 Å². The van der Waals surface area contributed by atoms with Crippen molar-refractivity contribution in [2.24, 2.45) is 5.73 Å². The number of halogens is 5. The lowest BCUT2D eigenvalue weighted by Gasteiger charge is -2.30. The van der Waals surface area contributed by atoms with Gasteiger partial charge in [-0.1, -0.05) is 6.92 Å². The number of nitrogens with zero attached hydrogens (tertiary/aromatic N) is 2. The highest BCUT2D eigenvalue weighted by Gasteiger charge is 2.35. The predicted molar refractivity (Wildman–Crippen MR) is 101 cm³/mol. The van der Waals surface area contributed by atoms with Crippen LogP contribution in [0.25, 0.3) is 0 Å². The zero-order chi connectivity index (χ0) is 23.2. The van der Waals surface area contributed by atoms with Crippen LogP contribution in [0.1, 0.15) is 6.92 Å². The van der Waals surface area contributed by atoms with E-state index in [0.29, 0.717) is 0 Å². The molecule has 3 N–H and O–H groups in total. The number of amides is 2. The van der Waals surface area contributed by atoms with Crippen molar-refractivity contribution in [3.63, 3.8) is 0 Å². The minimum absolute atomic E-state index is 0.118. The Hall–Kier alpha value is -2.51. The van der Waals surface area contributed by atoms with Gasteiger partial charge in [-0.2, -0.15) is 22.0 Å². The molecule has 0 bridgehead atoms. The number of benzene rings is 1. The summed E-state index contributed by atoms with van der Waals surface area (Å²) >= 11 is 0. The highest BCUT2D eigenvalue weighted by atomic mass is 19.4. The smallest absolute Gasteiger partial charge is 0.401 e. The molecule has 0 radical (unpaired) electrons. The van der Waals surface area contributed by atoms with Gasteiger partial charge >= 0.3 is 12.8 Å². The van der Waals surface area contributed by atoms with E-state index in [4.69, 9.17) is 10.5 Å². The Morgan fingerprint density at radius 3 is 2.65 bits per heavy atom. The molecule has 0 aliphatic carbocycles. The molecule has 2 rings (SSSR count). The normalized spacial score (nSPS) is 16.0. The van der Waals surface area contributed by atoms with Crippen LogP contribution in [0, 0.1) is 0 Å². The van der Waals surface area contributed by atoms with E-state index in [1.807, 2.05) is 0 Å². The summed E-state index contributed by atoms with van der Waals surface area (Å²) in [5.41, 5.74) is 5.54. The van der Waals surface area contributed by atoms with Crippen molar-refractivity contribution in [3.8, 4) is 5.75 Å².